The van der Waals surface area contributed by atoms with Crippen molar-refractivity contribution in [2.45, 2.75) is 13.2 Å². The van der Waals surface area contributed by atoms with Gasteiger partial charge in [0.05, 0.1) is 11.2 Å². The highest BCUT2D eigenvalue weighted by Crippen LogP contribution is 2.24. The lowest BCUT2D eigenvalue weighted by Crippen LogP contribution is -2.00. The number of H-pyrrole nitrogens is 1. The largest absolute Gasteiger partial charge is 0.489 e. The number of benzene rings is 3. The van der Waals surface area contributed by atoms with Crippen LogP contribution in [0.1, 0.15) is 11.3 Å². The van der Waals surface area contributed by atoms with Crippen LogP contribution in [-0.4, -0.2) is 25.6 Å². The van der Waals surface area contributed by atoms with Crippen molar-refractivity contribution in [3.8, 4) is 22.9 Å². The number of hydrogen-bond donors (Lipinski definition) is 1. The average Bonchev–Trinajstić information content (AvgIpc) is 3.37. The molecule has 0 aliphatic carbocycles. The first-order valence-electron chi connectivity index (χ1n) is 9.87. The van der Waals surface area contributed by atoms with Crippen molar-refractivity contribution < 1.29 is 9.47 Å². The molecule has 0 radical (unpaired) electrons. The van der Waals surface area contributed by atoms with Crippen LogP contribution >= 0.6 is 0 Å². The second-order valence-corrected chi connectivity index (χ2v) is 6.95. The molecule has 0 fully saturated rings. The van der Waals surface area contributed by atoms with E-state index < -0.39 is 0 Å². The Hall–Kier alpha value is -4.26. The Labute approximate surface area is 178 Å². The molecule has 2 aromatic heterocycles. The van der Waals surface area contributed by atoms with Crippen molar-refractivity contribution in [1.29, 1.82) is 0 Å². The van der Waals surface area contributed by atoms with Gasteiger partial charge in [0.15, 0.2) is 5.82 Å². The Bertz CT molecular complexity index is 1300. The first-order valence-corrected chi connectivity index (χ1v) is 9.87. The van der Waals surface area contributed by atoms with E-state index in [1.54, 1.807) is 0 Å². The molecule has 2 heterocycles. The first-order chi connectivity index (χ1) is 15.3. The third kappa shape index (κ3) is 4.35. The Kier molecular flexibility index (Phi) is 5.22. The molecule has 0 atom stereocenters. The summed E-state index contributed by atoms with van der Waals surface area (Å²) in [7, 11) is 0. The maximum atomic E-state index is 6.00. The highest BCUT2D eigenvalue weighted by molar-refractivity contribution is 5.78. The van der Waals surface area contributed by atoms with Crippen molar-refractivity contribution in [1.82, 2.24) is 25.6 Å². The second kappa shape index (κ2) is 8.62. The summed E-state index contributed by atoms with van der Waals surface area (Å²) in [6.45, 7) is 0.766. The van der Waals surface area contributed by atoms with Crippen LogP contribution < -0.4 is 9.47 Å². The van der Waals surface area contributed by atoms with Gasteiger partial charge in [0.25, 0.3) is 0 Å². The van der Waals surface area contributed by atoms with Crippen LogP contribution in [0.3, 0.4) is 0 Å². The molecule has 0 spiro atoms. The lowest BCUT2D eigenvalue weighted by Gasteiger charge is -2.11. The summed E-state index contributed by atoms with van der Waals surface area (Å²) >= 11 is 0. The van der Waals surface area contributed by atoms with E-state index in [1.807, 2.05) is 78.9 Å². The number of aromatic nitrogens is 5. The normalized spacial score (nSPS) is 10.8. The van der Waals surface area contributed by atoms with Gasteiger partial charge in [-0.05, 0) is 34.7 Å². The fourth-order valence-corrected chi connectivity index (χ4v) is 3.31. The zero-order valence-electron chi connectivity index (χ0n) is 16.6. The van der Waals surface area contributed by atoms with Gasteiger partial charge in [0, 0.05) is 22.6 Å². The van der Waals surface area contributed by atoms with E-state index in [9.17, 15) is 0 Å². The summed E-state index contributed by atoms with van der Waals surface area (Å²) in [5, 5.41) is 15.2. The Morgan fingerprint density at radius 1 is 0.742 bits per heavy atom. The minimum Gasteiger partial charge on any atom is -0.489 e. The van der Waals surface area contributed by atoms with Crippen LogP contribution in [0, 0.1) is 0 Å². The Morgan fingerprint density at radius 3 is 2.42 bits per heavy atom. The predicted octanol–water partition coefficient (Wildman–Crippen LogP) is 4.57. The maximum absolute atomic E-state index is 6.00. The van der Waals surface area contributed by atoms with Gasteiger partial charge in [-0.15, -0.1) is 5.10 Å². The van der Waals surface area contributed by atoms with Gasteiger partial charge in [-0.25, -0.2) is 10.1 Å². The number of fused-ring (bicyclic) bond motifs is 1. The van der Waals surface area contributed by atoms with Crippen LogP contribution in [0.2, 0.25) is 0 Å². The minimum absolute atomic E-state index is 0.382. The van der Waals surface area contributed by atoms with Gasteiger partial charge in [0.2, 0.25) is 0 Å². The Morgan fingerprint density at radius 2 is 1.55 bits per heavy atom. The van der Waals surface area contributed by atoms with E-state index in [-0.39, 0.29) is 0 Å². The van der Waals surface area contributed by atoms with Gasteiger partial charge in [-0.1, -0.05) is 54.6 Å². The molecule has 0 unspecified atom stereocenters. The summed E-state index contributed by atoms with van der Waals surface area (Å²) in [5.74, 6) is 2.05. The van der Waals surface area contributed by atoms with E-state index in [2.05, 4.69) is 31.7 Å². The number of rotatable bonds is 7. The third-order valence-corrected chi connectivity index (χ3v) is 4.86. The standard InChI is InChI=1S/C24H19N5O2/c1-3-10-22(24-26-28-29-27-24)18(7-1)15-30-20-8-5-9-21(14-20)31-16-19-13-12-17-6-2-4-11-23(17)25-19/h1-14H,15-16H2,(H,26,27,28,29). The molecule has 152 valence electrons. The Balaban J connectivity index is 1.25. The quantitative estimate of drug-likeness (QED) is 0.424. The van der Waals surface area contributed by atoms with Gasteiger partial charge < -0.3 is 9.47 Å². The molecule has 31 heavy (non-hydrogen) atoms. The zero-order valence-corrected chi connectivity index (χ0v) is 16.6. The van der Waals surface area contributed by atoms with E-state index in [0.717, 1.165) is 39.2 Å². The third-order valence-electron chi connectivity index (χ3n) is 4.86. The molecule has 0 amide bonds. The number of ether oxygens (including phenoxy) is 2. The number of pyridine rings is 1. The van der Waals surface area contributed by atoms with Gasteiger partial charge in [-0.2, -0.15) is 0 Å². The van der Waals surface area contributed by atoms with Gasteiger partial charge >= 0.3 is 0 Å². The van der Waals surface area contributed by atoms with E-state index in [4.69, 9.17) is 9.47 Å². The number of hydrogen-bond acceptors (Lipinski definition) is 6. The molecule has 5 aromatic rings. The van der Waals surface area contributed by atoms with Gasteiger partial charge in [-0.3, -0.25) is 0 Å². The van der Waals surface area contributed by atoms with Crippen LogP contribution in [0.15, 0.2) is 84.9 Å². The van der Waals surface area contributed by atoms with Crippen LogP contribution in [0.4, 0.5) is 0 Å². The molecule has 5 rings (SSSR count). The summed E-state index contributed by atoms with van der Waals surface area (Å²) in [6, 6.07) is 27.5. The van der Waals surface area contributed by atoms with Crippen molar-refractivity contribution in [2.24, 2.45) is 0 Å². The molecule has 0 saturated heterocycles. The zero-order chi connectivity index (χ0) is 20.9. The molecule has 7 heteroatoms. The lowest BCUT2D eigenvalue weighted by molar-refractivity contribution is 0.288. The molecular weight excluding hydrogens is 390 g/mol. The number of para-hydroxylation sites is 1. The van der Waals surface area contributed by atoms with Crippen molar-refractivity contribution >= 4 is 10.9 Å². The highest BCUT2D eigenvalue weighted by atomic mass is 16.5. The minimum atomic E-state index is 0.382. The number of aromatic amines is 1. The summed E-state index contributed by atoms with van der Waals surface area (Å²) in [5.41, 5.74) is 3.72. The molecule has 0 aliphatic rings. The molecule has 3 aromatic carbocycles. The number of nitrogens with zero attached hydrogens (tertiary/aromatic N) is 4. The van der Waals surface area contributed by atoms with Crippen LogP contribution in [-0.2, 0) is 13.2 Å². The highest BCUT2D eigenvalue weighted by Gasteiger charge is 2.09. The SMILES string of the molecule is c1cc(OCc2ccc3ccccc3n2)cc(OCc2ccccc2-c2nnn[nH]2)c1. The van der Waals surface area contributed by atoms with E-state index in [1.165, 1.54) is 0 Å². The predicted molar refractivity (Wildman–Crippen MR) is 116 cm³/mol. The second-order valence-electron chi connectivity index (χ2n) is 6.95. The maximum Gasteiger partial charge on any atom is 0.179 e. The van der Waals surface area contributed by atoms with Crippen LogP contribution in [0.25, 0.3) is 22.3 Å². The molecule has 0 aliphatic heterocycles. The fourth-order valence-electron chi connectivity index (χ4n) is 3.31. The van der Waals surface area contributed by atoms with E-state index >= 15 is 0 Å². The molecule has 7 nitrogen and oxygen atoms in total. The number of nitrogens with one attached hydrogen (secondary N) is 1. The number of tetrazole rings is 1. The summed E-state index contributed by atoms with van der Waals surface area (Å²) < 4.78 is 11.9. The monoisotopic (exact) mass is 409 g/mol. The topological polar surface area (TPSA) is 85.8 Å². The first kappa shape index (κ1) is 18.7. The van der Waals surface area contributed by atoms with E-state index in [0.29, 0.717) is 19.0 Å². The van der Waals surface area contributed by atoms with Crippen molar-refractivity contribution in [2.75, 3.05) is 0 Å². The van der Waals surface area contributed by atoms with Crippen molar-refractivity contribution in [3.63, 3.8) is 0 Å². The van der Waals surface area contributed by atoms with Gasteiger partial charge in [0.1, 0.15) is 24.7 Å². The molecule has 1 N–H and O–H groups in total. The molecule has 0 bridgehead atoms. The van der Waals surface area contributed by atoms with Crippen LogP contribution in [0.5, 0.6) is 11.5 Å². The smallest absolute Gasteiger partial charge is 0.179 e. The lowest BCUT2D eigenvalue weighted by atomic mass is 10.1. The average molecular weight is 409 g/mol. The summed E-state index contributed by atoms with van der Waals surface area (Å²) in [6.07, 6.45) is 0. The molecule has 0 saturated carbocycles. The fraction of sp³-hybridized carbons (Fsp3) is 0.0833. The summed E-state index contributed by atoms with van der Waals surface area (Å²) in [4.78, 5) is 4.65. The van der Waals surface area contributed by atoms with Crippen molar-refractivity contribution in [3.05, 3.63) is 96.2 Å². The molecular formula is C24H19N5O2.